The Balaban J connectivity index is 1.29. The van der Waals surface area contributed by atoms with Crippen LogP contribution in [0.4, 0.5) is 19.0 Å². The minimum absolute atomic E-state index is 0.0132. The number of hydrogen-bond acceptors (Lipinski definition) is 8. The van der Waals surface area contributed by atoms with E-state index in [1.54, 1.807) is 19.2 Å². The molecule has 0 radical (unpaired) electrons. The van der Waals surface area contributed by atoms with E-state index in [0.29, 0.717) is 28.5 Å². The molecular formula is C26H22F3N7O3. The van der Waals surface area contributed by atoms with Crippen LogP contribution in [0.3, 0.4) is 0 Å². The zero-order valence-electron chi connectivity index (χ0n) is 24.3. The fourth-order valence-corrected chi connectivity index (χ4v) is 4.26. The molecule has 5 aromatic rings. The molecule has 6 rings (SSSR count). The molecule has 0 unspecified atom stereocenters. The first kappa shape index (κ1) is 20.3. The van der Waals surface area contributed by atoms with Gasteiger partial charge in [0.15, 0.2) is 6.61 Å². The van der Waals surface area contributed by atoms with Crippen molar-refractivity contribution in [1.82, 2.24) is 29.6 Å². The van der Waals surface area contributed by atoms with Crippen LogP contribution in [0.15, 0.2) is 53.3 Å². The fraction of sp³-hybridized carbons (Fsp3) is 0.269. The van der Waals surface area contributed by atoms with Gasteiger partial charge in [-0.3, -0.25) is 4.79 Å². The Labute approximate surface area is 225 Å². The predicted octanol–water partition coefficient (Wildman–Crippen LogP) is 4.45. The van der Waals surface area contributed by atoms with Crippen LogP contribution < -0.4 is 10.1 Å². The standard InChI is InChI=1S/C26H22F3N7O3/c1-15-33-22(34-39-15)17-3-2-16-4-6-30-23(18(16)12-17)31-8-9-35-10-11-36-20-5-7-32-24(38-14-26(27,28)29)19(20)13-21(36)25(35)37/h2-7,12-13H,8-11,14H2,1H3,(H,30,31)/i10D2,11D2. The number of aryl methyl sites for hydroxylation is 2. The van der Waals surface area contributed by atoms with Gasteiger partial charge in [-0.1, -0.05) is 17.3 Å². The first-order chi connectivity index (χ1) is 20.3. The first-order valence-corrected chi connectivity index (χ1v) is 11.7. The van der Waals surface area contributed by atoms with Crippen molar-refractivity contribution in [3.63, 3.8) is 0 Å². The van der Waals surface area contributed by atoms with Crippen LogP contribution in [0, 0.1) is 6.92 Å². The van der Waals surface area contributed by atoms with Gasteiger partial charge in [-0.2, -0.15) is 18.2 Å². The van der Waals surface area contributed by atoms with E-state index in [2.05, 4.69) is 25.4 Å². The fourth-order valence-electron chi connectivity index (χ4n) is 4.26. The summed E-state index contributed by atoms with van der Waals surface area (Å²) in [6, 6.07) is 9.74. The molecule has 10 nitrogen and oxygen atoms in total. The largest absolute Gasteiger partial charge is 0.468 e. The number of hydrogen-bond donors (Lipinski definition) is 1. The van der Waals surface area contributed by atoms with Gasteiger partial charge < -0.3 is 24.0 Å². The number of nitrogens with one attached hydrogen (secondary N) is 1. The van der Waals surface area contributed by atoms with Gasteiger partial charge in [0.05, 0.1) is 16.4 Å². The zero-order chi connectivity index (χ0) is 30.7. The normalized spacial score (nSPS) is 17.8. The van der Waals surface area contributed by atoms with Crippen LogP contribution in [0.1, 0.15) is 21.9 Å². The highest BCUT2D eigenvalue weighted by Crippen LogP contribution is 2.31. The maximum Gasteiger partial charge on any atom is 0.422 e. The van der Waals surface area contributed by atoms with Gasteiger partial charge in [-0.15, -0.1) is 0 Å². The maximum atomic E-state index is 13.6. The molecule has 39 heavy (non-hydrogen) atoms. The number of pyridine rings is 2. The molecule has 0 fully saturated rings. The number of anilines is 1. The summed E-state index contributed by atoms with van der Waals surface area (Å²) in [7, 11) is 0. The van der Waals surface area contributed by atoms with E-state index in [-0.39, 0.29) is 29.7 Å². The molecule has 0 atom stereocenters. The van der Waals surface area contributed by atoms with Crippen LogP contribution in [0.25, 0.3) is 33.1 Å². The summed E-state index contributed by atoms with van der Waals surface area (Å²) in [5, 5.41) is 8.51. The maximum absolute atomic E-state index is 13.6. The summed E-state index contributed by atoms with van der Waals surface area (Å²) in [5.41, 5.74) is 0.384. The molecule has 1 N–H and O–H groups in total. The Kier molecular flexibility index (Phi) is 4.98. The van der Waals surface area contributed by atoms with Crippen molar-refractivity contribution < 1.29 is 32.7 Å². The molecule has 1 aliphatic heterocycles. The lowest BCUT2D eigenvalue weighted by molar-refractivity contribution is -0.153. The van der Waals surface area contributed by atoms with E-state index < -0.39 is 37.6 Å². The lowest BCUT2D eigenvalue weighted by Gasteiger charge is -2.29. The molecule has 1 aliphatic rings. The molecule has 1 aromatic carbocycles. The lowest BCUT2D eigenvalue weighted by Crippen LogP contribution is -2.42. The van der Waals surface area contributed by atoms with E-state index in [9.17, 15) is 18.0 Å². The second-order valence-electron chi connectivity index (χ2n) is 8.66. The number of ether oxygens (including phenoxy) is 1. The molecular weight excluding hydrogens is 515 g/mol. The Morgan fingerprint density at radius 1 is 1.13 bits per heavy atom. The molecule has 4 aromatic heterocycles. The Bertz CT molecular complexity index is 1880. The molecule has 0 saturated heterocycles. The number of aromatic nitrogens is 5. The molecule has 0 saturated carbocycles. The summed E-state index contributed by atoms with van der Waals surface area (Å²) in [6.45, 7) is -5.92. The van der Waals surface area contributed by atoms with Crippen LogP contribution in [0.2, 0.25) is 0 Å². The SMILES string of the molecule is [2H]C1([2H])N(CCNc2nccc3ccc(-c4noc(C)n4)cc23)C(=O)c2cc3c(OCC(F)(F)F)nccc3n2C1([2H])[2H]. The number of alkyl halides is 3. The predicted molar refractivity (Wildman–Crippen MR) is 135 cm³/mol. The number of carbonyl (C=O) groups excluding carboxylic acids is 1. The van der Waals surface area contributed by atoms with Crippen LogP contribution >= 0.6 is 0 Å². The average molecular weight is 542 g/mol. The van der Waals surface area contributed by atoms with Crippen LogP contribution in [-0.2, 0) is 6.50 Å². The van der Waals surface area contributed by atoms with Crippen molar-refractivity contribution >= 4 is 33.4 Å². The number of amides is 1. The van der Waals surface area contributed by atoms with E-state index in [4.69, 9.17) is 14.7 Å². The third-order valence-corrected chi connectivity index (χ3v) is 6.01. The Morgan fingerprint density at radius 3 is 2.77 bits per heavy atom. The van der Waals surface area contributed by atoms with Crippen molar-refractivity contribution in [2.24, 2.45) is 0 Å². The summed E-state index contributed by atoms with van der Waals surface area (Å²) in [4.78, 5) is 26.7. The average Bonchev–Trinajstić information content (AvgIpc) is 3.57. The smallest absolute Gasteiger partial charge is 0.422 e. The van der Waals surface area contributed by atoms with Crippen LogP contribution in [0.5, 0.6) is 5.88 Å². The number of fused-ring (bicyclic) bond motifs is 4. The molecule has 0 spiro atoms. The minimum atomic E-state index is -4.65. The number of nitrogens with zero attached hydrogens (tertiary/aromatic N) is 6. The quantitative estimate of drug-likeness (QED) is 0.322. The molecule has 0 aliphatic carbocycles. The van der Waals surface area contributed by atoms with E-state index >= 15 is 0 Å². The van der Waals surface area contributed by atoms with Crippen LogP contribution in [-0.4, -0.2) is 67.9 Å². The van der Waals surface area contributed by atoms with Gasteiger partial charge in [0.1, 0.15) is 11.5 Å². The highest BCUT2D eigenvalue weighted by atomic mass is 19.4. The van der Waals surface area contributed by atoms with Crippen molar-refractivity contribution in [3.8, 4) is 17.3 Å². The monoisotopic (exact) mass is 541 g/mol. The van der Waals surface area contributed by atoms with Gasteiger partial charge in [0.2, 0.25) is 17.6 Å². The number of carbonyl (C=O) groups is 1. The number of benzene rings is 1. The summed E-state index contributed by atoms with van der Waals surface area (Å²) >= 11 is 0. The minimum Gasteiger partial charge on any atom is -0.468 e. The number of halogens is 3. The van der Waals surface area contributed by atoms with E-state index in [0.717, 1.165) is 27.1 Å². The van der Waals surface area contributed by atoms with Gasteiger partial charge in [0.25, 0.3) is 5.91 Å². The van der Waals surface area contributed by atoms with Crippen molar-refractivity contribution in [2.75, 3.05) is 31.5 Å². The lowest BCUT2D eigenvalue weighted by atomic mass is 10.1. The van der Waals surface area contributed by atoms with E-state index in [1.807, 2.05) is 18.2 Å². The third-order valence-electron chi connectivity index (χ3n) is 6.01. The van der Waals surface area contributed by atoms with Gasteiger partial charge in [-0.05, 0) is 29.7 Å². The second kappa shape index (κ2) is 9.57. The molecule has 200 valence electrons. The van der Waals surface area contributed by atoms with Crippen molar-refractivity contribution in [2.45, 2.75) is 19.6 Å². The molecule has 0 bridgehead atoms. The van der Waals surface area contributed by atoms with E-state index in [1.165, 1.54) is 6.07 Å². The van der Waals surface area contributed by atoms with Gasteiger partial charge in [0, 0.05) is 56.4 Å². The molecule has 5 heterocycles. The summed E-state index contributed by atoms with van der Waals surface area (Å²) in [5.74, 6) is -0.0901. The van der Waals surface area contributed by atoms with Gasteiger partial charge in [-0.25, -0.2) is 9.97 Å². The highest BCUT2D eigenvalue weighted by molar-refractivity contribution is 6.00. The Hall–Kier alpha value is -4.68. The molecule has 13 heteroatoms. The van der Waals surface area contributed by atoms with Crippen molar-refractivity contribution in [1.29, 1.82) is 0 Å². The van der Waals surface area contributed by atoms with Gasteiger partial charge >= 0.3 is 6.18 Å². The molecule has 1 amide bonds. The number of rotatable bonds is 7. The topological polar surface area (TPSA) is 111 Å². The zero-order valence-corrected chi connectivity index (χ0v) is 20.3. The summed E-state index contributed by atoms with van der Waals surface area (Å²) in [6.07, 6.45) is -1.96. The third kappa shape index (κ3) is 4.82. The highest BCUT2D eigenvalue weighted by Gasteiger charge is 2.31. The first-order valence-electron chi connectivity index (χ1n) is 13.7. The summed E-state index contributed by atoms with van der Waals surface area (Å²) < 4.78 is 83.7. The second-order valence-corrected chi connectivity index (χ2v) is 8.66. The Morgan fingerprint density at radius 2 is 1.97 bits per heavy atom. The van der Waals surface area contributed by atoms with Crippen molar-refractivity contribution in [3.05, 3.63) is 60.4 Å².